The number of anilines is 1. The van der Waals surface area contributed by atoms with Gasteiger partial charge in [0.2, 0.25) is 0 Å². The summed E-state index contributed by atoms with van der Waals surface area (Å²) in [5.74, 6) is -1.02. The Morgan fingerprint density at radius 3 is 2.65 bits per heavy atom. The average Bonchev–Trinajstić information content (AvgIpc) is 2.68. The smallest absolute Gasteiger partial charge is 0.337 e. The first kappa shape index (κ1) is 14.8. The predicted molar refractivity (Wildman–Crippen MR) is 82.0 cm³/mol. The van der Waals surface area contributed by atoms with Crippen LogP contribution in [0.1, 0.15) is 38.9 Å². The van der Waals surface area contributed by atoms with Crippen molar-refractivity contribution in [1.29, 1.82) is 0 Å². The zero-order valence-electron chi connectivity index (χ0n) is 11.4. The van der Waals surface area contributed by atoms with Crippen molar-refractivity contribution in [3.05, 3.63) is 44.4 Å². The molecule has 0 amide bonds. The summed E-state index contributed by atoms with van der Waals surface area (Å²) >= 11 is 7.61. The molecule has 106 valence electrons. The van der Waals surface area contributed by atoms with E-state index in [1.807, 2.05) is 20.8 Å². The van der Waals surface area contributed by atoms with Crippen molar-refractivity contribution in [3.8, 4) is 0 Å². The van der Waals surface area contributed by atoms with E-state index < -0.39 is 5.97 Å². The monoisotopic (exact) mass is 310 g/mol. The van der Waals surface area contributed by atoms with Gasteiger partial charge < -0.3 is 10.4 Å². The molecular formula is C14H15ClN2O2S. The second-order valence-corrected chi connectivity index (χ2v) is 6.19. The Balaban J connectivity index is 2.20. The van der Waals surface area contributed by atoms with E-state index in [0.29, 0.717) is 0 Å². The number of aromatic nitrogens is 1. The van der Waals surface area contributed by atoms with Crippen molar-refractivity contribution < 1.29 is 9.90 Å². The number of aryl methyl sites for hydroxylation is 2. The molecule has 1 aromatic carbocycles. The topological polar surface area (TPSA) is 62.2 Å². The van der Waals surface area contributed by atoms with Gasteiger partial charge >= 0.3 is 5.97 Å². The summed E-state index contributed by atoms with van der Waals surface area (Å²) < 4.78 is 0. The fraction of sp³-hybridized carbons (Fsp3) is 0.286. The number of halogens is 1. The van der Waals surface area contributed by atoms with Gasteiger partial charge in [0.1, 0.15) is 0 Å². The van der Waals surface area contributed by atoms with E-state index in [-0.39, 0.29) is 16.6 Å². The van der Waals surface area contributed by atoms with Crippen LogP contribution in [0.2, 0.25) is 5.02 Å². The van der Waals surface area contributed by atoms with Gasteiger partial charge in [0.25, 0.3) is 0 Å². The van der Waals surface area contributed by atoms with Gasteiger partial charge in [-0.15, -0.1) is 11.3 Å². The fourth-order valence-corrected chi connectivity index (χ4v) is 3.23. The van der Waals surface area contributed by atoms with Crippen LogP contribution in [-0.4, -0.2) is 16.1 Å². The van der Waals surface area contributed by atoms with E-state index in [2.05, 4.69) is 10.3 Å². The fourth-order valence-electron chi connectivity index (χ4n) is 2.04. The quantitative estimate of drug-likeness (QED) is 0.884. The Morgan fingerprint density at radius 2 is 2.15 bits per heavy atom. The molecule has 0 aliphatic carbocycles. The summed E-state index contributed by atoms with van der Waals surface area (Å²) in [7, 11) is 0. The minimum atomic E-state index is -1.02. The van der Waals surface area contributed by atoms with Gasteiger partial charge in [-0.25, -0.2) is 9.78 Å². The highest BCUT2D eigenvalue weighted by Gasteiger charge is 2.14. The molecule has 6 heteroatoms. The first-order chi connectivity index (χ1) is 9.38. The van der Waals surface area contributed by atoms with Gasteiger partial charge in [-0.3, -0.25) is 0 Å². The lowest BCUT2D eigenvalue weighted by molar-refractivity contribution is 0.0697. The van der Waals surface area contributed by atoms with E-state index in [4.69, 9.17) is 16.7 Å². The van der Waals surface area contributed by atoms with Crippen LogP contribution in [0.3, 0.4) is 0 Å². The zero-order valence-corrected chi connectivity index (χ0v) is 13.0. The van der Waals surface area contributed by atoms with E-state index in [1.54, 1.807) is 23.5 Å². The number of benzene rings is 1. The second-order valence-electron chi connectivity index (χ2n) is 4.55. The summed E-state index contributed by atoms with van der Waals surface area (Å²) in [5.41, 5.74) is 1.91. The average molecular weight is 311 g/mol. The standard InChI is InChI=1S/C14H15ClN2O2S/c1-7-13(20-9(3)16-7)8(2)17-10-4-5-11(14(18)19)12(15)6-10/h4-6,8,17H,1-3H3,(H,18,19). The van der Waals surface area contributed by atoms with E-state index >= 15 is 0 Å². The van der Waals surface area contributed by atoms with Crippen LogP contribution in [0, 0.1) is 13.8 Å². The maximum absolute atomic E-state index is 10.9. The lowest BCUT2D eigenvalue weighted by Crippen LogP contribution is -2.07. The zero-order chi connectivity index (χ0) is 14.9. The van der Waals surface area contributed by atoms with Crippen LogP contribution in [0.15, 0.2) is 18.2 Å². The molecule has 1 atom stereocenters. The highest BCUT2D eigenvalue weighted by Crippen LogP contribution is 2.29. The molecule has 2 N–H and O–H groups in total. The third-order valence-electron chi connectivity index (χ3n) is 2.92. The number of nitrogens with one attached hydrogen (secondary N) is 1. The van der Waals surface area contributed by atoms with E-state index in [9.17, 15) is 4.79 Å². The summed E-state index contributed by atoms with van der Waals surface area (Å²) in [5, 5.41) is 13.5. The van der Waals surface area contributed by atoms with Gasteiger partial charge in [0.05, 0.1) is 27.3 Å². The van der Waals surface area contributed by atoms with Gasteiger partial charge in [0, 0.05) is 10.6 Å². The number of aromatic carboxylic acids is 1. The number of carboxylic acid groups (broad SMARTS) is 1. The molecule has 0 saturated heterocycles. The molecule has 0 spiro atoms. The summed E-state index contributed by atoms with van der Waals surface area (Å²) in [4.78, 5) is 16.5. The third kappa shape index (κ3) is 3.11. The summed E-state index contributed by atoms with van der Waals surface area (Å²) in [6.07, 6.45) is 0. The third-order valence-corrected chi connectivity index (χ3v) is 4.48. The van der Waals surface area contributed by atoms with E-state index in [0.717, 1.165) is 16.4 Å². The van der Waals surface area contributed by atoms with Crippen LogP contribution < -0.4 is 5.32 Å². The highest BCUT2D eigenvalue weighted by molar-refractivity contribution is 7.11. The number of nitrogens with zero attached hydrogens (tertiary/aromatic N) is 1. The van der Waals surface area contributed by atoms with Crippen LogP contribution in [0.5, 0.6) is 0 Å². The molecule has 0 bridgehead atoms. The lowest BCUT2D eigenvalue weighted by atomic mass is 10.2. The minimum absolute atomic E-state index is 0.0907. The van der Waals surface area contributed by atoms with Crippen molar-refractivity contribution in [3.63, 3.8) is 0 Å². The van der Waals surface area contributed by atoms with Crippen LogP contribution in [-0.2, 0) is 0 Å². The van der Waals surface area contributed by atoms with Crippen molar-refractivity contribution in [2.24, 2.45) is 0 Å². The van der Waals surface area contributed by atoms with Crippen LogP contribution >= 0.6 is 22.9 Å². The summed E-state index contributed by atoms with van der Waals surface area (Å²) in [6.45, 7) is 6.00. The summed E-state index contributed by atoms with van der Waals surface area (Å²) in [6, 6.07) is 4.94. The Labute approximate surface area is 126 Å². The largest absolute Gasteiger partial charge is 0.478 e. The van der Waals surface area contributed by atoms with Crippen molar-refractivity contribution >= 4 is 34.6 Å². The molecule has 0 fully saturated rings. The Bertz CT molecular complexity index is 655. The molecule has 2 aromatic rings. The molecular weight excluding hydrogens is 296 g/mol. The molecule has 1 aromatic heterocycles. The first-order valence-corrected chi connectivity index (χ1v) is 7.31. The molecule has 0 saturated carbocycles. The molecule has 0 aliphatic heterocycles. The van der Waals surface area contributed by atoms with Crippen molar-refractivity contribution in [2.45, 2.75) is 26.8 Å². The lowest BCUT2D eigenvalue weighted by Gasteiger charge is -2.15. The van der Waals surface area contributed by atoms with Crippen LogP contribution in [0.25, 0.3) is 0 Å². The van der Waals surface area contributed by atoms with E-state index in [1.165, 1.54) is 10.9 Å². The molecule has 1 heterocycles. The van der Waals surface area contributed by atoms with Gasteiger partial charge in [-0.05, 0) is 39.0 Å². The minimum Gasteiger partial charge on any atom is -0.478 e. The Morgan fingerprint density at radius 1 is 1.45 bits per heavy atom. The van der Waals surface area contributed by atoms with Gasteiger partial charge in [-0.2, -0.15) is 0 Å². The molecule has 1 unspecified atom stereocenters. The molecule has 20 heavy (non-hydrogen) atoms. The number of hydrogen-bond donors (Lipinski definition) is 2. The first-order valence-electron chi connectivity index (χ1n) is 6.11. The molecule has 4 nitrogen and oxygen atoms in total. The maximum Gasteiger partial charge on any atom is 0.337 e. The highest BCUT2D eigenvalue weighted by atomic mass is 35.5. The maximum atomic E-state index is 10.9. The van der Waals surface area contributed by atoms with Gasteiger partial charge in [-0.1, -0.05) is 11.6 Å². The number of rotatable bonds is 4. The number of carboxylic acids is 1. The second kappa shape index (κ2) is 5.81. The SMILES string of the molecule is Cc1nc(C)c(C(C)Nc2ccc(C(=O)O)c(Cl)c2)s1. The molecule has 2 rings (SSSR count). The number of carbonyl (C=O) groups is 1. The molecule has 0 aliphatic rings. The van der Waals surface area contributed by atoms with Gasteiger partial charge in [0.15, 0.2) is 0 Å². The normalized spacial score (nSPS) is 12.2. The van der Waals surface area contributed by atoms with Crippen molar-refractivity contribution in [1.82, 2.24) is 4.98 Å². The number of thiazole rings is 1. The van der Waals surface area contributed by atoms with Crippen molar-refractivity contribution in [2.75, 3.05) is 5.32 Å². The Kier molecular flexibility index (Phi) is 4.30. The van der Waals surface area contributed by atoms with Crippen LogP contribution in [0.4, 0.5) is 5.69 Å². The molecule has 0 radical (unpaired) electrons. The predicted octanol–water partition coefficient (Wildman–Crippen LogP) is 4.28. The number of hydrogen-bond acceptors (Lipinski definition) is 4. The Hall–Kier alpha value is -1.59.